The van der Waals surface area contributed by atoms with Crippen molar-refractivity contribution in [2.75, 3.05) is 18.6 Å². The first-order chi connectivity index (χ1) is 12.1. The first-order valence-corrected chi connectivity index (χ1v) is 8.70. The van der Waals surface area contributed by atoms with Crippen molar-refractivity contribution >= 4 is 11.7 Å². The largest absolute Gasteiger partial charge is 0.365 e. The van der Waals surface area contributed by atoms with Crippen molar-refractivity contribution in [1.82, 2.24) is 10.3 Å². The molecule has 1 aromatic carbocycles. The van der Waals surface area contributed by atoms with E-state index < -0.39 is 5.60 Å². The van der Waals surface area contributed by atoms with Gasteiger partial charge in [-0.15, -0.1) is 0 Å². The van der Waals surface area contributed by atoms with Crippen LogP contribution in [0.3, 0.4) is 0 Å². The van der Waals surface area contributed by atoms with E-state index in [2.05, 4.69) is 27.3 Å². The second kappa shape index (κ2) is 7.66. The number of hydrogen-bond donors (Lipinski definition) is 1. The van der Waals surface area contributed by atoms with Crippen molar-refractivity contribution in [2.24, 2.45) is 0 Å². The summed E-state index contributed by atoms with van der Waals surface area (Å²) in [7, 11) is 2.02. The summed E-state index contributed by atoms with van der Waals surface area (Å²) in [5.74, 6) is 0.828. The normalized spacial score (nSPS) is 19.6. The Kier molecular flexibility index (Phi) is 5.34. The smallest absolute Gasteiger partial charge is 0.252 e. The van der Waals surface area contributed by atoms with Crippen molar-refractivity contribution in [1.29, 1.82) is 0 Å². The van der Waals surface area contributed by atoms with Gasteiger partial charge in [-0.25, -0.2) is 4.98 Å². The monoisotopic (exact) mass is 339 g/mol. The van der Waals surface area contributed by atoms with Crippen LogP contribution in [0.25, 0.3) is 0 Å². The van der Waals surface area contributed by atoms with E-state index >= 15 is 0 Å². The minimum absolute atomic E-state index is 0.0504. The maximum Gasteiger partial charge on any atom is 0.252 e. The molecule has 1 aromatic heterocycles. The van der Waals surface area contributed by atoms with Gasteiger partial charge in [0.2, 0.25) is 0 Å². The number of rotatable bonds is 6. The molecule has 0 unspecified atom stereocenters. The van der Waals surface area contributed by atoms with E-state index in [0.29, 0.717) is 13.2 Å². The fourth-order valence-corrected chi connectivity index (χ4v) is 3.16. The number of ether oxygens (including phenoxy) is 1. The Morgan fingerprint density at radius 2 is 2.08 bits per heavy atom. The van der Waals surface area contributed by atoms with Gasteiger partial charge in [-0.05, 0) is 31.4 Å². The lowest BCUT2D eigenvalue weighted by Gasteiger charge is -2.24. The second-order valence-corrected chi connectivity index (χ2v) is 6.69. The zero-order chi connectivity index (χ0) is 17.7. The standard InChI is InChI=1S/C20H25N3O2/c1-20(11-7-13-25-20)19(24)22-14-17-10-6-12-21-18(17)23(2)15-16-8-4-3-5-9-16/h3-6,8-10,12H,7,11,13-15H2,1-2H3,(H,22,24)/t20-/m1/s1. The Bertz CT molecular complexity index is 712. The van der Waals surface area contributed by atoms with Gasteiger partial charge in [0.25, 0.3) is 5.91 Å². The highest BCUT2D eigenvalue weighted by atomic mass is 16.5. The van der Waals surface area contributed by atoms with Gasteiger partial charge in [-0.1, -0.05) is 36.4 Å². The lowest BCUT2D eigenvalue weighted by Crippen LogP contribution is -2.43. The average molecular weight is 339 g/mol. The Morgan fingerprint density at radius 3 is 2.80 bits per heavy atom. The van der Waals surface area contributed by atoms with Crippen molar-refractivity contribution in [3.05, 3.63) is 59.8 Å². The van der Waals surface area contributed by atoms with Gasteiger partial charge in [0.15, 0.2) is 0 Å². The number of carbonyl (C=O) groups is 1. The number of nitrogens with zero attached hydrogens (tertiary/aromatic N) is 2. The molecule has 1 amide bonds. The number of hydrogen-bond acceptors (Lipinski definition) is 4. The summed E-state index contributed by atoms with van der Waals surface area (Å²) in [6.45, 7) is 3.72. The fraction of sp³-hybridized carbons (Fsp3) is 0.400. The molecule has 5 nitrogen and oxygen atoms in total. The SMILES string of the molecule is CN(Cc1ccccc1)c1ncccc1CNC(=O)[C@@]1(C)CCCO1. The first-order valence-electron chi connectivity index (χ1n) is 8.70. The predicted molar refractivity (Wildman–Crippen MR) is 98.2 cm³/mol. The van der Waals surface area contributed by atoms with E-state index in [1.807, 2.05) is 44.3 Å². The zero-order valence-corrected chi connectivity index (χ0v) is 14.9. The Morgan fingerprint density at radius 1 is 1.28 bits per heavy atom. The minimum Gasteiger partial charge on any atom is -0.365 e. The molecule has 1 atom stereocenters. The van der Waals surface area contributed by atoms with Gasteiger partial charge in [-0.3, -0.25) is 4.79 Å². The number of anilines is 1. The third-order valence-electron chi connectivity index (χ3n) is 4.63. The fourth-order valence-electron chi connectivity index (χ4n) is 3.16. The van der Waals surface area contributed by atoms with Crippen LogP contribution in [-0.4, -0.2) is 30.1 Å². The molecule has 0 spiro atoms. The van der Waals surface area contributed by atoms with Gasteiger partial charge in [0.05, 0.1) is 0 Å². The molecule has 1 N–H and O–H groups in total. The number of aromatic nitrogens is 1. The summed E-state index contributed by atoms with van der Waals surface area (Å²) < 4.78 is 5.61. The molecule has 1 aliphatic rings. The Balaban J connectivity index is 1.67. The van der Waals surface area contributed by atoms with Gasteiger partial charge in [0.1, 0.15) is 11.4 Å². The van der Waals surface area contributed by atoms with Crippen LogP contribution in [0, 0.1) is 0 Å². The molecular weight excluding hydrogens is 314 g/mol. The van der Waals surface area contributed by atoms with E-state index in [9.17, 15) is 4.79 Å². The number of amides is 1. The Labute approximate surface area is 149 Å². The topological polar surface area (TPSA) is 54.5 Å². The highest BCUT2D eigenvalue weighted by Gasteiger charge is 2.37. The highest BCUT2D eigenvalue weighted by Crippen LogP contribution is 2.25. The van der Waals surface area contributed by atoms with Crippen LogP contribution in [0.5, 0.6) is 0 Å². The van der Waals surface area contributed by atoms with E-state index in [-0.39, 0.29) is 5.91 Å². The molecule has 2 aromatic rings. The van der Waals surface area contributed by atoms with Crippen LogP contribution in [-0.2, 0) is 22.6 Å². The number of nitrogens with one attached hydrogen (secondary N) is 1. The number of benzene rings is 1. The summed E-state index contributed by atoms with van der Waals surface area (Å²) in [5.41, 5.74) is 1.52. The third kappa shape index (κ3) is 4.17. The summed E-state index contributed by atoms with van der Waals surface area (Å²) in [6.07, 6.45) is 3.48. The minimum atomic E-state index is -0.696. The maximum absolute atomic E-state index is 12.4. The number of pyridine rings is 1. The lowest BCUT2D eigenvalue weighted by atomic mass is 10.0. The molecule has 3 rings (SSSR count). The molecule has 132 valence electrons. The molecule has 1 aliphatic heterocycles. The van der Waals surface area contributed by atoms with Crippen LogP contribution in [0.15, 0.2) is 48.7 Å². The molecule has 0 aliphatic carbocycles. The highest BCUT2D eigenvalue weighted by molar-refractivity contribution is 5.85. The molecule has 0 saturated carbocycles. The van der Waals surface area contributed by atoms with Crippen LogP contribution in [0.4, 0.5) is 5.82 Å². The lowest BCUT2D eigenvalue weighted by molar-refractivity contribution is -0.139. The predicted octanol–water partition coefficient (Wildman–Crippen LogP) is 2.90. The summed E-state index contributed by atoms with van der Waals surface area (Å²) in [4.78, 5) is 19.1. The van der Waals surface area contributed by atoms with E-state index in [4.69, 9.17) is 4.74 Å². The zero-order valence-electron chi connectivity index (χ0n) is 14.9. The van der Waals surface area contributed by atoms with Crippen LogP contribution in [0.2, 0.25) is 0 Å². The number of carbonyl (C=O) groups excluding carboxylic acids is 1. The molecule has 1 fully saturated rings. The van der Waals surface area contributed by atoms with Crippen LogP contribution < -0.4 is 10.2 Å². The van der Waals surface area contributed by atoms with Crippen molar-refractivity contribution < 1.29 is 9.53 Å². The van der Waals surface area contributed by atoms with Gasteiger partial charge < -0.3 is 15.0 Å². The first kappa shape index (κ1) is 17.4. The van der Waals surface area contributed by atoms with Crippen molar-refractivity contribution in [3.63, 3.8) is 0 Å². The Hall–Kier alpha value is -2.40. The van der Waals surface area contributed by atoms with Gasteiger partial charge >= 0.3 is 0 Å². The van der Waals surface area contributed by atoms with Crippen LogP contribution in [0.1, 0.15) is 30.9 Å². The van der Waals surface area contributed by atoms with E-state index in [0.717, 1.165) is 30.8 Å². The maximum atomic E-state index is 12.4. The van der Waals surface area contributed by atoms with Crippen molar-refractivity contribution in [3.8, 4) is 0 Å². The van der Waals surface area contributed by atoms with Gasteiger partial charge in [-0.2, -0.15) is 0 Å². The second-order valence-electron chi connectivity index (χ2n) is 6.69. The van der Waals surface area contributed by atoms with E-state index in [1.54, 1.807) is 6.20 Å². The quantitative estimate of drug-likeness (QED) is 0.879. The van der Waals surface area contributed by atoms with Crippen LogP contribution >= 0.6 is 0 Å². The molecule has 1 saturated heterocycles. The molecule has 0 bridgehead atoms. The summed E-state index contributed by atoms with van der Waals surface area (Å²) >= 11 is 0. The molecule has 0 radical (unpaired) electrons. The van der Waals surface area contributed by atoms with E-state index in [1.165, 1.54) is 5.56 Å². The molecule has 2 heterocycles. The van der Waals surface area contributed by atoms with Gasteiger partial charge in [0, 0.05) is 38.5 Å². The van der Waals surface area contributed by atoms with Crippen molar-refractivity contribution in [2.45, 2.75) is 38.5 Å². The average Bonchev–Trinajstić information content (AvgIpc) is 3.08. The molecule has 5 heteroatoms. The molecular formula is C20H25N3O2. The molecule has 25 heavy (non-hydrogen) atoms. The third-order valence-corrected chi connectivity index (χ3v) is 4.63. The summed E-state index contributed by atoms with van der Waals surface area (Å²) in [5, 5.41) is 3.01. The summed E-state index contributed by atoms with van der Waals surface area (Å²) in [6, 6.07) is 14.2.